The molecule has 1 heterocycles. The summed E-state index contributed by atoms with van der Waals surface area (Å²) in [4.78, 5) is 11.9. The van der Waals surface area contributed by atoms with Gasteiger partial charge in [-0.1, -0.05) is 0 Å². The monoisotopic (exact) mass is 258 g/mol. The minimum absolute atomic E-state index is 0.434. The zero-order valence-electron chi connectivity index (χ0n) is 9.82. The molecular weight excluding hydrogens is 245 g/mol. The van der Waals surface area contributed by atoms with Gasteiger partial charge in [0.1, 0.15) is 5.82 Å². The Hall–Kier alpha value is -1.56. The van der Waals surface area contributed by atoms with Crippen molar-refractivity contribution >= 4 is 11.6 Å². The Morgan fingerprint density at radius 3 is 2.72 bits per heavy atom. The predicted molar refractivity (Wildman–Crippen MR) is 60.5 cm³/mol. The fraction of sp³-hybridized carbons (Fsp3) is 0.417. The van der Waals surface area contributed by atoms with Gasteiger partial charge in [0.15, 0.2) is 11.6 Å². The van der Waals surface area contributed by atoms with Gasteiger partial charge in [0, 0.05) is 18.7 Å². The summed E-state index contributed by atoms with van der Waals surface area (Å²) in [6.07, 6.45) is 0.595. The minimum atomic E-state index is -1.32. The van der Waals surface area contributed by atoms with E-state index >= 15 is 0 Å². The van der Waals surface area contributed by atoms with Crippen LogP contribution < -0.4 is 10.6 Å². The number of hydrogen-bond donors (Lipinski definition) is 2. The van der Waals surface area contributed by atoms with Crippen molar-refractivity contribution in [2.75, 3.05) is 18.4 Å². The van der Waals surface area contributed by atoms with E-state index < -0.39 is 34.5 Å². The number of anilines is 1. The lowest BCUT2D eigenvalue weighted by Crippen LogP contribution is -2.35. The maximum atomic E-state index is 13.4. The van der Waals surface area contributed by atoms with Crippen molar-refractivity contribution in [2.45, 2.75) is 13.3 Å². The zero-order valence-corrected chi connectivity index (χ0v) is 9.82. The van der Waals surface area contributed by atoms with Gasteiger partial charge in [0.2, 0.25) is 5.91 Å². The van der Waals surface area contributed by atoms with Crippen LogP contribution in [-0.4, -0.2) is 19.0 Å². The Balaban J connectivity index is 2.21. The molecule has 0 radical (unpaired) electrons. The van der Waals surface area contributed by atoms with E-state index in [0.29, 0.717) is 25.6 Å². The highest BCUT2D eigenvalue weighted by Crippen LogP contribution is 2.27. The van der Waals surface area contributed by atoms with E-state index in [2.05, 4.69) is 10.6 Å². The molecule has 1 aliphatic rings. The molecule has 2 rings (SSSR count). The van der Waals surface area contributed by atoms with Gasteiger partial charge in [0.05, 0.1) is 11.1 Å². The van der Waals surface area contributed by atoms with Crippen molar-refractivity contribution < 1.29 is 18.0 Å². The number of carbonyl (C=O) groups is 1. The van der Waals surface area contributed by atoms with Crippen molar-refractivity contribution in [1.29, 1.82) is 0 Å². The summed E-state index contributed by atoms with van der Waals surface area (Å²) >= 11 is 0. The van der Waals surface area contributed by atoms with Crippen LogP contribution in [0.25, 0.3) is 0 Å². The summed E-state index contributed by atoms with van der Waals surface area (Å²) in [6, 6.07) is 1.20. The van der Waals surface area contributed by atoms with Crippen molar-refractivity contribution in [1.82, 2.24) is 5.32 Å². The van der Waals surface area contributed by atoms with Gasteiger partial charge in [-0.25, -0.2) is 13.2 Å². The lowest BCUT2D eigenvalue weighted by atomic mass is 9.88. The summed E-state index contributed by atoms with van der Waals surface area (Å²) in [5.41, 5.74) is -1.15. The fourth-order valence-corrected chi connectivity index (χ4v) is 1.93. The third-order valence-electron chi connectivity index (χ3n) is 3.16. The van der Waals surface area contributed by atoms with E-state index in [9.17, 15) is 18.0 Å². The van der Waals surface area contributed by atoms with Gasteiger partial charge in [-0.15, -0.1) is 0 Å². The Morgan fingerprint density at radius 2 is 2.11 bits per heavy atom. The smallest absolute Gasteiger partial charge is 0.231 e. The second-order valence-corrected chi connectivity index (χ2v) is 4.69. The molecule has 98 valence electrons. The molecule has 1 amide bonds. The summed E-state index contributed by atoms with van der Waals surface area (Å²) in [7, 11) is 0. The fourth-order valence-electron chi connectivity index (χ4n) is 1.93. The summed E-state index contributed by atoms with van der Waals surface area (Å²) in [5.74, 6) is -3.95. The second kappa shape index (κ2) is 4.61. The maximum absolute atomic E-state index is 13.4. The van der Waals surface area contributed by atoms with Crippen molar-refractivity contribution in [3.05, 3.63) is 29.6 Å². The van der Waals surface area contributed by atoms with E-state index in [1.165, 1.54) is 0 Å². The first-order chi connectivity index (χ1) is 8.42. The topological polar surface area (TPSA) is 41.1 Å². The highest BCUT2D eigenvalue weighted by Gasteiger charge is 2.36. The standard InChI is InChI=1S/C12H13F3N2O/c1-12(2-3-16-6-12)11(18)17-9-5-7(13)4-8(14)10(9)15/h4-5,16H,2-3,6H2,1H3,(H,17,18). The van der Waals surface area contributed by atoms with Crippen LogP contribution in [0.15, 0.2) is 12.1 Å². The average Bonchev–Trinajstić information content (AvgIpc) is 2.73. The molecular formula is C12H13F3N2O. The van der Waals surface area contributed by atoms with Crippen molar-refractivity contribution in [3.8, 4) is 0 Å². The number of rotatable bonds is 2. The van der Waals surface area contributed by atoms with Crippen LogP contribution in [0.3, 0.4) is 0 Å². The first-order valence-electron chi connectivity index (χ1n) is 5.59. The van der Waals surface area contributed by atoms with Crippen LogP contribution in [-0.2, 0) is 4.79 Å². The molecule has 1 aromatic rings. The maximum Gasteiger partial charge on any atom is 0.231 e. The quantitative estimate of drug-likeness (QED) is 0.797. The van der Waals surface area contributed by atoms with Gasteiger partial charge in [-0.05, 0) is 19.9 Å². The van der Waals surface area contributed by atoms with E-state index in [1.54, 1.807) is 6.92 Å². The molecule has 0 spiro atoms. The first-order valence-corrected chi connectivity index (χ1v) is 5.59. The molecule has 1 aromatic carbocycles. The van der Waals surface area contributed by atoms with Gasteiger partial charge < -0.3 is 10.6 Å². The molecule has 3 nitrogen and oxygen atoms in total. The van der Waals surface area contributed by atoms with Crippen LogP contribution in [0.2, 0.25) is 0 Å². The van der Waals surface area contributed by atoms with Crippen LogP contribution in [0, 0.1) is 22.9 Å². The molecule has 0 aliphatic carbocycles. The molecule has 1 saturated heterocycles. The molecule has 6 heteroatoms. The third kappa shape index (κ3) is 2.33. The largest absolute Gasteiger partial charge is 0.323 e. The lowest BCUT2D eigenvalue weighted by Gasteiger charge is -2.21. The summed E-state index contributed by atoms with van der Waals surface area (Å²) in [5, 5.41) is 5.25. The number of benzene rings is 1. The third-order valence-corrected chi connectivity index (χ3v) is 3.16. The molecule has 1 unspecified atom stereocenters. The molecule has 18 heavy (non-hydrogen) atoms. The van der Waals surface area contributed by atoms with E-state index in [4.69, 9.17) is 0 Å². The van der Waals surface area contributed by atoms with Crippen LogP contribution in [0.4, 0.5) is 18.9 Å². The molecule has 0 bridgehead atoms. The predicted octanol–water partition coefficient (Wildman–Crippen LogP) is 2.04. The number of halogens is 3. The van der Waals surface area contributed by atoms with E-state index in [-0.39, 0.29) is 0 Å². The minimum Gasteiger partial charge on any atom is -0.323 e. The number of amides is 1. The lowest BCUT2D eigenvalue weighted by molar-refractivity contribution is -0.123. The van der Waals surface area contributed by atoms with Crippen LogP contribution in [0.5, 0.6) is 0 Å². The Morgan fingerprint density at radius 1 is 1.39 bits per heavy atom. The summed E-state index contributed by atoms with van der Waals surface area (Å²) in [6.45, 7) is 2.86. The van der Waals surface area contributed by atoms with Crippen molar-refractivity contribution in [3.63, 3.8) is 0 Å². The van der Waals surface area contributed by atoms with Crippen LogP contribution in [0.1, 0.15) is 13.3 Å². The Kier molecular flexibility index (Phi) is 3.30. The number of nitrogens with one attached hydrogen (secondary N) is 2. The van der Waals surface area contributed by atoms with Crippen LogP contribution >= 0.6 is 0 Å². The average molecular weight is 258 g/mol. The van der Waals surface area contributed by atoms with Gasteiger partial charge >= 0.3 is 0 Å². The second-order valence-electron chi connectivity index (χ2n) is 4.69. The molecule has 0 saturated carbocycles. The molecule has 2 N–H and O–H groups in total. The zero-order chi connectivity index (χ0) is 13.3. The molecule has 1 fully saturated rings. The highest BCUT2D eigenvalue weighted by molar-refractivity contribution is 5.95. The first kappa shape index (κ1) is 12.9. The summed E-state index contributed by atoms with van der Waals surface area (Å²) < 4.78 is 39.3. The number of carbonyl (C=O) groups excluding carboxylic acids is 1. The SMILES string of the molecule is CC1(C(=O)Nc2cc(F)cc(F)c2F)CCNC1. The van der Waals surface area contributed by atoms with Gasteiger partial charge in [-0.2, -0.15) is 0 Å². The van der Waals surface area contributed by atoms with E-state index in [0.717, 1.165) is 6.07 Å². The molecule has 0 aromatic heterocycles. The number of hydrogen-bond acceptors (Lipinski definition) is 2. The Labute approximate surface area is 102 Å². The van der Waals surface area contributed by atoms with Gasteiger partial charge in [-0.3, -0.25) is 4.79 Å². The van der Waals surface area contributed by atoms with Gasteiger partial charge in [0.25, 0.3) is 0 Å². The molecule has 1 aliphatic heterocycles. The van der Waals surface area contributed by atoms with Crippen molar-refractivity contribution in [2.24, 2.45) is 5.41 Å². The molecule has 1 atom stereocenters. The van der Waals surface area contributed by atoms with E-state index in [1.807, 2.05) is 0 Å². The normalized spacial score (nSPS) is 23.1. The Bertz CT molecular complexity index is 484. The highest BCUT2D eigenvalue weighted by atomic mass is 19.2.